The molecule has 6 heteroatoms. The minimum Gasteiger partial charge on any atom is -0.480 e. The Morgan fingerprint density at radius 1 is 1.38 bits per heavy atom. The monoisotopic (exact) mass is 295 g/mol. The van der Waals surface area contributed by atoms with Crippen molar-refractivity contribution in [1.82, 2.24) is 5.32 Å². The lowest BCUT2D eigenvalue weighted by atomic mass is 10.1. The topological polar surface area (TPSA) is 84.9 Å². The molecule has 0 bridgehead atoms. The largest absolute Gasteiger partial charge is 0.480 e. The predicted octanol–water partition coefficient (Wildman–Crippen LogP) is 1.61. The zero-order valence-electron chi connectivity index (χ0n) is 12.5. The lowest BCUT2D eigenvalue weighted by molar-refractivity contribution is -0.127. The first-order chi connectivity index (χ1) is 9.97. The Hall–Kier alpha value is -2.08. The number of carbonyl (C=O) groups is 2. The highest BCUT2D eigenvalue weighted by Gasteiger charge is 2.19. The third-order valence-corrected chi connectivity index (χ3v) is 2.93. The van der Waals surface area contributed by atoms with Crippen LogP contribution in [0.3, 0.4) is 0 Å². The number of amides is 1. The Balaban J connectivity index is 2.68. The molecular weight excluding hydrogens is 274 g/mol. The lowest BCUT2D eigenvalue weighted by Crippen LogP contribution is -2.37. The molecule has 0 saturated heterocycles. The van der Waals surface area contributed by atoms with Gasteiger partial charge in [-0.05, 0) is 31.9 Å². The van der Waals surface area contributed by atoms with Gasteiger partial charge in [0.15, 0.2) is 6.10 Å². The maximum atomic E-state index is 11.9. The molecular formula is C15H21NO5. The minimum absolute atomic E-state index is 0.0500. The van der Waals surface area contributed by atoms with Crippen LogP contribution in [-0.2, 0) is 9.53 Å². The van der Waals surface area contributed by atoms with E-state index in [0.29, 0.717) is 25.1 Å². The van der Waals surface area contributed by atoms with Crippen LogP contribution in [-0.4, -0.2) is 43.3 Å². The summed E-state index contributed by atoms with van der Waals surface area (Å²) in [5.41, 5.74) is 0.725. The summed E-state index contributed by atoms with van der Waals surface area (Å²) in [5.74, 6) is -1.14. The summed E-state index contributed by atoms with van der Waals surface area (Å²) in [5, 5.41) is 11.9. The summed E-state index contributed by atoms with van der Waals surface area (Å²) < 4.78 is 10.4. The standard InChI is InChI=1S/C15H21NO5/c1-10-6-4-7-12(15(18)19)13(10)21-11(2)14(17)16-8-5-9-20-3/h4,6-7,11H,5,8-9H2,1-3H3,(H,16,17)(H,18,19). The third kappa shape index (κ3) is 5.07. The van der Waals surface area contributed by atoms with Crippen LogP contribution in [0.25, 0.3) is 0 Å². The summed E-state index contributed by atoms with van der Waals surface area (Å²) in [6, 6.07) is 4.83. The predicted molar refractivity (Wildman–Crippen MR) is 77.7 cm³/mol. The lowest BCUT2D eigenvalue weighted by Gasteiger charge is -2.17. The number of carboxylic acids is 1. The number of carboxylic acid groups (broad SMARTS) is 1. The van der Waals surface area contributed by atoms with Gasteiger partial charge in [0.2, 0.25) is 0 Å². The van der Waals surface area contributed by atoms with Gasteiger partial charge in [-0.25, -0.2) is 4.79 Å². The van der Waals surface area contributed by atoms with E-state index in [4.69, 9.17) is 14.6 Å². The molecule has 0 heterocycles. The first-order valence-corrected chi connectivity index (χ1v) is 6.73. The van der Waals surface area contributed by atoms with Crippen molar-refractivity contribution in [2.24, 2.45) is 0 Å². The second-order valence-electron chi connectivity index (χ2n) is 4.65. The number of ether oxygens (including phenoxy) is 2. The number of aryl methyl sites for hydroxylation is 1. The van der Waals surface area contributed by atoms with Crippen molar-refractivity contribution in [3.63, 3.8) is 0 Å². The molecule has 6 nitrogen and oxygen atoms in total. The van der Waals surface area contributed by atoms with Crippen LogP contribution in [0.15, 0.2) is 18.2 Å². The van der Waals surface area contributed by atoms with Crippen LogP contribution in [0.1, 0.15) is 29.3 Å². The van der Waals surface area contributed by atoms with E-state index in [1.165, 1.54) is 6.07 Å². The van der Waals surface area contributed by atoms with Gasteiger partial charge >= 0.3 is 5.97 Å². The van der Waals surface area contributed by atoms with Gasteiger partial charge in [-0.2, -0.15) is 0 Å². The van der Waals surface area contributed by atoms with Crippen LogP contribution < -0.4 is 10.1 Å². The normalized spacial score (nSPS) is 11.8. The van der Waals surface area contributed by atoms with E-state index < -0.39 is 12.1 Å². The smallest absolute Gasteiger partial charge is 0.339 e. The molecule has 0 aliphatic heterocycles. The van der Waals surface area contributed by atoms with Gasteiger partial charge in [-0.1, -0.05) is 12.1 Å². The van der Waals surface area contributed by atoms with E-state index in [2.05, 4.69) is 5.32 Å². The van der Waals surface area contributed by atoms with Crippen LogP contribution in [0.5, 0.6) is 5.75 Å². The van der Waals surface area contributed by atoms with E-state index in [0.717, 1.165) is 0 Å². The molecule has 1 atom stereocenters. The van der Waals surface area contributed by atoms with Crippen LogP contribution >= 0.6 is 0 Å². The first-order valence-electron chi connectivity index (χ1n) is 6.73. The summed E-state index contributed by atoms with van der Waals surface area (Å²) >= 11 is 0. The van der Waals surface area contributed by atoms with Crippen molar-refractivity contribution in [2.75, 3.05) is 20.3 Å². The van der Waals surface area contributed by atoms with E-state index in [1.807, 2.05) is 0 Å². The average Bonchev–Trinajstić information content (AvgIpc) is 2.45. The number of aromatic carboxylic acids is 1. The second-order valence-corrected chi connectivity index (χ2v) is 4.65. The van der Waals surface area contributed by atoms with E-state index in [1.54, 1.807) is 33.1 Å². The van der Waals surface area contributed by atoms with Crippen molar-refractivity contribution in [1.29, 1.82) is 0 Å². The Morgan fingerprint density at radius 2 is 2.10 bits per heavy atom. The fourth-order valence-corrected chi connectivity index (χ4v) is 1.78. The van der Waals surface area contributed by atoms with Gasteiger partial charge in [-0.15, -0.1) is 0 Å². The maximum Gasteiger partial charge on any atom is 0.339 e. The van der Waals surface area contributed by atoms with Crippen molar-refractivity contribution >= 4 is 11.9 Å². The van der Waals surface area contributed by atoms with Crippen LogP contribution in [0.4, 0.5) is 0 Å². The summed E-state index contributed by atoms with van der Waals surface area (Å²) in [4.78, 5) is 23.1. The second kappa shape index (κ2) is 8.26. The molecule has 1 unspecified atom stereocenters. The minimum atomic E-state index is -1.08. The molecule has 0 aliphatic carbocycles. The van der Waals surface area contributed by atoms with Crippen molar-refractivity contribution in [3.8, 4) is 5.75 Å². The SMILES string of the molecule is COCCCNC(=O)C(C)Oc1c(C)cccc1C(=O)O. The first kappa shape index (κ1) is 17.0. The van der Waals surface area contributed by atoms with Gasteiger partial charge in [0.25, 0.3) is 5.91 Å². The molecule has 0 aliphatic rings. The molecule has 1 aromatic rings. The van der Waals surface area contributed by atoms with E-state index in [9.17, 15) is 9.59 Å². The number of para-hydroxylation sites is 1. The Kier molecular flexibility index (Phi) is 6.68. The van der Waals surface area contributed by atoms with Crippen molar-refractivity contribution in [3.05, 3.63) is 29.3 Å². The molecule has 21 heavy (non-hydrogen) atoms. The Labute approximate surface area is 124 Å². The molecule has 1 aromatic carbocycles. The fraction of sp³-hybridized carbons (Fsp3) is 0.467. The summed E-state index contributed by atoms with van der Waals surface area (Å²) in [6.45, 7) is 4.38. The quantitative estimate of drug-likeness (QED) is 0.712. The molecule has 116 valence electrons. The van der Waals surface area contributed by atoms with Gasteiger partial charge in [0.1, 0.15) is 11.3 Å². The number of hydrogen-bond acceptors (Lipinski definition) is 4. The van der Waals surface area contributed by atoms with Gasteiger partial charge in [-0.3, -0.25) is 4.79 Å². The van der Waals surface area contributed by atoms with E-state index in [-0.39, 0.29) is 17.2 Å². The number of hydrogen-bond donors (Lipinski definition) is 2. The Bertz CT molecular complexity index is 501. The molecule has 0 saturated carbocycles. The highest BCUT2D eigenvalue weighted by Crippen LogP contribution is 2.24. The van der Waals surface area contributed by atoms with Gasteiger partial charge in [0, 0.05) is 20.3 Å². The number of methoxy groups -OCH3 is 1. The van der Waals surface area contributed by atoms with Crippen LogP contribution in [0, 0.1) is 6.92 Å². The highest BCUT2D eigenvalue weighted by molar-refractivity contribution is 5.91. The van der Waals surface area contributed by atoms with Crippen molar-refractivity contribution in [2.45, 2.75) is 26.4 Å². The number of nitrogens with one attached hydrogen (secondary N) is 1. The van der Waals surface area contributed by atoms with Gasteiger partial charge in [0.05, 0.1) is 0 Å². The van der Waals surface area contributed by atoms with Crippen LogP contribution in [0.2, 0.25) is 0 Å². The summed E-state index contributed by atoms with van der Waals surface area (Å²) in [6.07, 6.45) is -0.0635. The number of benzene rings is 1. The number of carbonyl (C=O) groups excluding carboxylic acids is 1. The van der Waals surface area contributed by atoms with Crippen molar-refractivity contribution < 1.29 is 24.2 Å². The van der Waals surface area contributed by atoms with E-state index >= 15 is 0 Å². The van der Waals surface area contributed by atoms with Gasteiger partial charge < -0.3 is 19.9 Å². The average molecular weight is 295 g/mol. The zero-order valence-corrected chi connectivity index (χ0v) is 12.5. The molecule has 1 rings (SSSR count). The molecule has 0 radical (unpaired) electrons. The number of rotatable bonds is 8. The highest BCUT2D eigenvalue weighted by atomic mass is 16.5. The maximum absolute atomic E-state index is 11.9. The zero-order chi connectivity index (χ0) is 15.8. The summed E-state index contributed by atoms with van der Waals surface area (Å²) in [7, 11) is 1.60. The molecule has 0 aromatic heterocycles. The molecule has 0 fully saturated rings. The third-order valence-electron chi connectivity index (χ3n) is 2.93. The molecule has 2 N–H and O–H groups in total. The fourth-order valence-electron chi connectivity index (χ4n) is 1.78. The molecule has 1 amide bonds. The Morgan fingerprint density at radius 3 is 2.71 bits per heavy atom. The molecule has 0 spiro atoms.